The third-order valence-corrected chi connectivity index (χ3v) is 5.46. The number of aromatic hydroxyl groups is 1. The second-order valence-corrected chi connectivity index (χ2v) is 7.47. The molecule has 0 bridgehead atoms. The van der Waals surface area contributed by atoms with Gasteiger partial charge in [-0.2, -0.15) is 5.10 Å². The largest absolute Gasteiger partial charge is 0.507 e. The van der Waals surface area contributed by atoms with Crippen LogP contribution in [0.25, 0.3) is 10.2 Å². The van der Waals surface area contributed by atoms with E-state index in [9.17, 15) is 14.7 Å². The van der Waals surface area contributed by atoms with Crippen molar-refractivity contribution < 1.29 is 14.6 Å². The molecule has 0 radical (unpaired) electrons. The Balaban J connectivity index is 1.74. The summed E-state index contributed by atoms with van der Waals surface area (Å²) in [4.78, 5) is 33.1. The van der Waals surface area contributed by atoms with Gasteiger partial charge in [-0.1, -0.05) is 0 Å². The minimum absolute atomic E-state index is 0.00488. The van der Waals surface area contributed by atoms with Gasteiger partial charge < -0.3 is 14.8 Å². The van der Waals surface area contributed by atoms with E-state index in [4.69, 9.17) is 4.74 Å². The molecule has 9 heteroatoms. The fourth-order valence-electron chi connectivity index (χ4n) is 2.73. The fraction of sp³-hybridized carbons (Fsp3) is 0.263. The number of nitrogens with zero attached hydrogens (tertiary/aromatic N) is 2. The Labute approximate surface area is 164 Å². The number of aromatic amines is 1. The lowest BCUT2D eigenvalue weighted by atomic mass is 10.1. The number of aromatic nitrogens is 2. The molecule has 3 aromatic rings. The van der Waals surface area contributed by atoms with E-state index >= 15 is 0 Å². The van der Waals surface area contributed by atoms with E-state index in [1.165, 1.54) is 24.5 Å². The highest BCUT2D eigenvalue weighted by Gasteiger charge is 2.14. The normalized spacial score (nSPS) is 11.6. The molecule has 2 aromatic heterocycles. The van der Waals surface area contributed by atoms with Gasteiger partial charge in [-0.15, -0.1) is 11.3 Å². The topological polar surface area (TPSA) is 117 Å². The average molecular weight is 400 g/mol. The molecule has 3 rings (SSSR count). The second-order valence-electron chi connectivity index (χ2n) is 6.27. The maximum Gasteiger partial charge on any atom is 0.259 e. The quantitative estimate of drug-likeness (QED) is 0.449. The van der Waals surface area contributed by atoms with Crippen molar-refractivity contribution in [2.75, 3.05) is 7.11 Å². The first-order valence-electron chi connectivity index (χ1n) is 8.49. The summed E-state index contributed by atoms with van der Waals surface area (Å²) in [5, 5.41) is 14.6. The van der Waals surface area contributed by atoms with Crippen molar-refractivity contribution >= 4 is 33.2 Å². The molecule has 0 aliphatic rings. The van der Waals surface area contributed by atoms with Crippen molar-refractivity contribution in [3.8, 4) is 11.5 Å². The number of ether oxygens (including phenoxy) is 1. The van der Waals surface area contributed by atoms with Gasteiger partial charge in [-0.25, -0.2) is 10.4 Å². The number of hydrogen-bond donors (Lipinski definition) is 3. The smallest absolute Gasteiger partial charge is 0.259 e. The van der Waals surface area contributed by atoms with Crippen molar-refractivity contribution in [3.63, 3.8) is 0 Å². The first kappa shape index (κ1) is 19.6. The number of methoxy groups -OCH3 is 1. The highest BCUT2D eigenvalue weighted by atomic mass is 32.1. The summed E-state index contributed by atoms with van der Waals surface area (Å²) in [5.41, 5.74) is 3.97. The number of H-pyrrole nitrogens is 1. The number of carbonyl (C=O) groups excluding carboxylic acids is 1. The van der Waals surface area contributed by atoms with E-state index in [1.807, 2.05) is 13.8 Å². The Morgan fingerprint density at radius 1 is 1.39 bits per heavy atom. The van der Waals surface area contributed by atoms with Gasteiger partial charge in [0.05, 0.1) is 24.6 Å². The number of hydrazone groups is 1. The zero-order chi connectivity index (χ0) is 20.4. The number of fused-ring (bicyclic) bond motifs is 1. The Morgan fingerprint density at radius 3 is 2.82 bits per heavy atom. The number of nitrogens with one attached hydrogen (secondary N) is 2. The number of phenols is 1. The van der Waals surface area contributed by atoms with Crippen LogP contribution < -0.4 is 15.7 Å². The number of rotatable bonds is 5. The maximum absolute atomic E-state index is 12.3. The molecular weight excluding hydrogens is 380 g/mol. The Morgan fingerprint density at radius 2 is 2.14 bits per heavy atom. The summed E-state index contributed by atoms with van der Waals surface area (Å²) in [5.74, 6) is 0.355. The predicted molar refractivity (Wildman–Crippen MR) is 108 cm³/mol. The van der Waals surface area contributed by atoms with Crippen LogP contribution in [0.3, 0.4) is 0 Å². The molecule has 0 unspecified atom stereocenters. The molecular formula is C19H20N4O4S. The summed E-state index contributed by atoms with van der Waals surface area (Å²) < 4.78 is 5.04. The zero-order valence-electron chi connectivity index (χ0n) is 15.9. The number of benzene rings is 1. The van der Waals surface area contributed by atoms with E-state index in [1.54, 1.807) is 19.1 Å². The molecule has 146 valence electrons. The van der Waals surface area contributed by atoms with Crippen molar-refractivity contribution in [1.82, 2.24) is 15.4 Å². The molecule has 0 saturated carbocycles. The molecule has 0 saturated heterocycles. The Kier molecular flexibility index (Phi) is 5.46. The van der Waals surface area contributed by atoms with Crippen LogP contribution in [0.2, 0.25) is 0 Å². The lowest BCUT2D eigenvalue weighted by Crippen LogP contribution is -2.24. The van der Waals surface area contributed by atoms with Crippen LogP contribution in [0.5, 0.6) is 11.5 Å². The summed E-state index contributed by atoms with van der Waals surface area (Å²) >= 11 is 1.43. The molecule has 0 aliphatic carbocycles. The molecule has 2 heterocycles. The third kappa shape index (κ3) is 3.89. The second kappa shape index (κ2) is 7.81. The van der Waals surface area contributed by atoms with Crippen LogP contribution in [0, 0.1) is 13.8 Å². The van der Waals surface area contributed by atoms with Gasteiger partial charge in [-0.3, -0.25) is 9.59 Å². The van der Waals surface area contributed by atoms with Crippen molar-refractivity contribution in [2.24, 2.45) is 5.10 Å². The molecule has 0 aliphatic heterocycles. The molecule has 1 aromatic carbocycles. The number of phenolic OH excluding ortho intramolecular Hbond substituents is 1. The van der Waals surface area contributed by atoms with Gasteiger partial charge in [0, 0.05) is 16.5 Å². The van der Waals surface area contributed by atoms with Crippen LogP contribution in [-0.4, -0.2) is 33.8 Å². The molecule has 0 spiro atoms. The monoisotopic (exact) mass is 400 g/mol. The minimum Gasteiger partial charge on any atom is -0.507 e. The molecule has 1 amide bonds. The Bertz CT molecular complexity index is 1150. The lowest BCUT2D eigenvalue weighted by Gasteiger charge is -2.07. The average Bonchev–Trinajstić information content (AvgIpc) is 2.93. The van der Waals surface area contributed by atoms with Crippen molar-refractivity contribution in [1.29, 1.82) is 0 Å². The SMILES string of the molecule is COc1ccc(/C(C)=N/NC(=O)Cc2nc3sc(C)c(C)c3c(=O)[nH]2)c(O)c1. The van der Waals surface area contributed by atoms with Crippen LogP contribution in [0.1, 0.15) is 28.8 Å². The van der Waals surface area contributed by atoms with Crippen LogP contribution >= 0.6 is 11.3 Å². The van der Waals surface area contributed by atoms with Crippen LogP contribution in [0.4, 0.5) is 0 Å². The van der Waals surface area contributed by atoms with Crippen molar-refractivity contribution in [2.45, 2.75) is 27.2 Å². The molecule has 0 atom stereocenters. The first-order chi connectivity index (χ1) is 13.3. The molecule has 28 heavy (non-hydrogen) atoms. The highest BCUT2D eigenvalue weighted by Crippen LogP contribution is 2.26. The standard InChI is InChI=1S/C19H20N4O4S/c1-9-11(3)28-19-17(9)18(26)20-15(21-19)8-16(25)23-22-10(2)13-6-5-12(27-4)7-14(13)24/h5-7,24H,8H2,1-4H3,(H,23,25)(H,20,21,26)/b22-10+. The van der Waals surface area contributed by atoms with Gasteiger partial charge in [0.1, 0.15) is 22.2 Å². The van der Waals surface area contributed by atoms with Crippen LogP contribution in [-0.2, 0) is 11.2 Å². The van der Waals surface area contributed by atoms with E-state index in [0.29, 0.717) is 27.2 Å². The van der Waals surface area contributed by atoms with E-state index in [0.717, 1.165) is 10.4 Å². The third-order valence-electron chi connectivity index (χ3n) is 4.36. The van der Waals surface area contributed by atoms with E-state index in [2.05, 4.69) is 20.5 Å². The summed E-state index contributed by atoms with van der Waals surface area (Å²) in [6, 6.07) is 4.80. The first-order valence-corrected chi connectivity index (χ1v) is 9.31. The predicted octanol–water partition coefficient (Wildman–Crippen LogP) is 2.40. The fourth-order valence-corrected chi connectivity index (χ4v) is 3.77. The molecule has 8 nitrogen and oxygen atoms in total. The van der Waals surface area contributed by atoms with Gasteiger partial charge in [-0.05, 0) is 38.5 Å². The highest BCUT2D eigenvalue weighted by molar-refractivity contribution is 7.18. The Hall–Kier alpha value is -3.20. The number of carbonyl (C=O) groups is 1. The van der Waals surface area contributed by atoms with E-state index < -0.39 is 5.91 Å². The summed E-state index contributed by atoms with van der Waals surface area (Å²) in [6.07, 6.45) is -0.119. The lowest BCUT2D eigenvalue weighted by molar-refractivity contribution is -0.120. The minimum atomic E-state index is -0.431. The van der Waals surface area contributed by atoms with Gasteiger partial charge in [0.15, 0.2) is 0 Å². The number of amides is 1. The van der Waals surface area contributed by atoms with Gasteiger partial charge in [0.25, 0.3) is 5.56 Å². The summed E-state index contributed by atoms with van der Waals surface area (Å²) in [6.45, 7) is 5.47. The number of aryl methyl sites for hydroxylation is 2. The van der Waals surface area contributed by atoms with E-state index in [-0.39, 0.29) is 23.6 Å². The number of hydrogen-bond acceptors (Lipinski definition) is 7. The van der Waals surface area contributed by atoms with Crippen LogP contribution in [0.15, 0.2) is 28.1 Å². The number of thiophene rings is 1. The molecule has 3 N–H and O–H groups in total. The zero-order valence-corrected chi connectivity index (χ0v) is 16.7. The van der Waals surface area contributed by atoms with Gasteiger partial charge >= 0.3 is 0 Å². The molecule has 0 fully saturated rings. The van der Waals surface area contributed by atoms with Crippen molar-refractivity contribution in [3.05, 3.63) is 50.4 Å². The maximum atomic E-state index is 12.3. The van der Waals surface area contributed by atoms with Gasteiger partial charge in [0.2, 0.25) is 5.91 Å². The summed E-state index contributed by atoms with van der Waals surface area (Å²) in [7, 11) is 1.50.